The van der Waals surface area contributed by atoms with E-state index in [1.165, 1.54) is 7.11 Å². The summed E-state index contributed by atoms with van der Waals surface area (Å²) in [5.74, 6) is -1.68. The third kappa shape index (κ3) is 7.99. The topological polar surface area (TPSA) is 105 Å². The van der Waals surface area contributed by atoms with Crippen LogP contribution < -0.4 is 5.32 Å². The number of aliphatic hydroxyl groups is 1. The van der Waals surface area contributed by atoms with E-state index in [2.05, 4.69) is 10.1 Å². The van der Waals surface area contributed by atoms with Crippen molar-refractivity contribution in [1.29, 1.82) is 0 Å². The van der Waals surface area contributed by atoms with Crippen molar-refractivity contribution in [2.45, 2.75) is 51.7 Å². The molecule has 0 radical (unpaired) electrons. The van der Waals surface area contributed by atoms with Gasteiger partial charge in [0.15, 0.2) is 0 Å². The summed E-state index contributed by atoms with van der Waals surface area (Å²) in [4.78, 5) is 21.8. The van der Waals surface area contributed by atoms with E-state index < -0.39 is 30.0 Å². The van der Waals surface area contributed by atoms with Gasteiger partial charge in [-0.2, -0.15) is 0 Å². The number of carbonyl (C=O) groups excluding carboxylic acids is 1. The van der Waals surface area contributed by atoms with Crippen LogP contribution in [-0.4, -0.2) is 47.3 Å². The fraction of sp³-hybridized carbons (Fsp3) is 0.818. The minimum atomic E-state index is -1.37. The first-order chi connectivity index (χ1) is 8.15. The smallest absolute Gasteiger partial charge is 0.323 e. The molecular weight excluding hydrogens is 242 g/mol. The third-order valence-electron chi connectivity index (χ3n) is 1.94. The second kappa shape index (κ2) is 7.30. The quantitative estimate of drug-likeness (QED) is 0.441. The SMILES string of the molecule is COC(=O)[C@H](CCC(=O)O)NC(O)OC(C)(C)C. The lowest BCUT2D eigenvalue weighted by Gasteiger charge is -2.27. The summed E-state index contributed by atoms with van der Waals surface area (Å²) in [7, 11) is 1.19. The van der Waals surface area contributed by atoms with Crippen molar-refractivity contribution in [3.05, 3.63) is 0 Å². The fourth-order valence-corrected chi connectivity index (χ4v) is 1.22. The number of aliphatic hydroxyl groups excluding tert-OH is 1. The molecular formula is C11H21NO6. The first-order valence-corrected chi connectivity index (χ1v) is 5.57. The molecule has 106 valence electrons. The number of nitrogens with one attached hydrogen (secondary N) is 1. The molecule has 0 heterocycles. The van der Waals surface area contributed by atoms with E-state index in [0.29, 0.717) is 0 Å². The number of hydrogen-bond donors (Lipinski definition) is 3. The first kappa shape index (κ1) is 16.8. The average molecular weight is 263 g/mol. The summed E-state index contributed by atoms with van der Waals surface area (Å²) in [5.41, 5.74) is -0.597. The zero-order chi connectivity index (χ0) is 14.3. The van der Waals surface area contributed by atoms with Crippen molar-refractivity contribution < 1.29 is 29.3 Å². The van der Waals surface area contributed by atoms with Gasteiger partial charge in [-0.1, -0.05) is 0 Å². The Hall–Kier alpha value is -1.18. The summed E-state index contributed by atoms with van der Waals surface area (Å²) in [6.45, 7) is 5.22. The van der Waals surface area contributed by atoms with E-state index in [1.54, 1.807) is 20.8 Å². The first-order valence-electron chi connectivity index (χ1n) is 5.57. The number of carboxylic acids is 1. The molecule has 7 heteroatoms. The van der Waals surface area contributed by atoms with Crippen molar-refractivity contribution in [2.24, 2.45) is 0 Å². The van der Waals surface area contributed by atoms with Gasteiger partial charge in [0.25, 0.3) is 0 Å². The number of carbonyl (C=O) groups is 2. The maximum Gasteiger partial charge on any atom is 0.323 e. The summed E-state index contributed by atoms with van der Waals surface area (Å²) in [5, 5.41) is 20.6. The van der Waals surface area contributed by atoms with Gasteiger partial charge in [-0.15, -0.1) is 0 Å². The predicted octanol–water partition coefficient (Wildman–Crippen LogP) is 0.0734. The Morgan fingerprint density at radius 2 is 1.89 bits per heavy atom. The maximum absolute atomic E-state index is 11.4. The van der Waals surface area contributed by atoms with Crippen molar-refractivity contribution in [1.82, 2.24) is 5.32 Å². The molecule has 7 nitrogen and oxygen atoms in total. The van der Waals surface area contributed by atoms with Crippen molar-refractivity contribution >= 4 is 11.9 Å². The van der Waals surface area contributed by atoms with Crippen LogP contribution in [0.2, 0.25) is 0 Å². The lowest BCUT2D eigenvalue weighted by molar-refractivity contribution is -0.190. The minimum absolute atomic E-state index is 0.00652. The van der Waals surface area contributed by atoms with Crippen LogP contribution in [0.15, 0.2) is 0 Å². The van der Waals surface area contributed by atoms with Crippen LogP contribution in [0.3, 0.4) is 0 Å². The Bertz CT molecular complexity index is 286. The highest BCUT2D eigenvalue weighted by atomic mass is 16.6. The van der Waals surface area contributed by atoms with Gasteiger partial charge >= 0.3 is 11.9 Å². The van der Waals surface area contributed by atoms with Crippen LogP contribution in [0.4, 0.5) is 0 Å². The molecule has 3 N–H and O–H groups in total. The third-order valence-corrected chi connectivity index (χ3v) is 1.94. The van der Waals surface area contributed by atoms with Crippen LogP contribution >= 0.6 is 0 Å². The van der Waals surface area contributed by atoms with E-state index in [0.717, 1.165) is 0 Å². The average Bonchev–Trinajstić information content (AvgIpc) is 2.20. The molecule has 0 rings (SSSR count). The molecule has 2 atom stereocenters. The minimum Gasteiger partial charge on any atom is -0.481 e. The molecule has 0 aromatic carbocycles. The second-order valence-electron chi connectivity index (χ2n) is 4.76. The van der Waals surface area contributed by atoms with Crippen LogP contribution in [0, 0.1) is 0 Å². The monoisotopic (exact) mass is 263 g/mol. The molecule has 0 saturated carbocycles. The van der Waals surface area contributed by atoms with Crippen molar-refractivity contribution in [3.8, 4) is 0 Å². The van der Waals surface area contributed by atoms with Gasteiger partial charge in [-0.3, -0.25) is 14.9 Å². The number of carboxylic acid groups (broad SMARTS) is 1. The highest BCUT2D eigenvalue weighted by Gasteiger charge is 2.25. The number of rotatable bonds is 7. The lowest BCUT2D eigenvalue weighted by atomic mass is 10.1. The normalized spacial score (nSPS) is 14.9. The van der Waals surface area contributed by atoms with E-state index in [1.807, 2.05) is 0 Å². The molecule has 0 aromatic rings. The highest BCUT2D eigenvalue weighted by Crippen LogP contribution is 2.09. The number of esters is 1. The van der Waals surface area contributed by atoms with Gasteiger partial charge in [0.1, 0.15) is 6.04 Å². The van der Waals surface area contributed by atoms with E-state index in [4.69, 9.17) is 9.84 Å². The number of ether oxygens (including phenoxy) is 2. The predicted molar refractivity (Wildman–Crippen MR) is 62.7 cm³/mol. The molecule has 0 fully saturated rings. The Morgan fingerprint density at radius 3 is 2.28 bits per heavy atom. The molecule has 0 amide bonds. The molecule has 0 aliphatic heterocycles. The molecule has 0 aliphatic carbocycles. The number of methoxy groups -OCH3 is 1. The maximum atomic E-state index is 11.4. The van der Waals surface area contributed by atoms with Crippen LogP contribution in [0.5, 0.6) is 0 Å². The zero-order valence-electron chi connectivity index (χ0n) is 11.1. The highest BCUT2D eigenvalue weighted by molar-refractivity contribution is 5.76. The van der Waals surface area contributed by atoms with Crippen molar-refractivity contribution in [3.63, 3.8) is 0 Å². The number of hydrogen-bond acceptors (Lipinski definition) is 6. The van der Waals surface area contributed by atoms with Gasteiger partial charge < -0.3 is 19.7 Å². The summed E-state index contributed by atoms with van der Waals surface area (Å²) in [6, 6.07) is -0.927. The van der Waals surface area contributed by atoms with Gasteiger partial charge in [0, 0.05) is 6.42 Å². The van der Waals surface area contributed by atoms with Gasteiger partial charge in [-0.05, 0) is 27.2 Å². The Balaban J connectivity index is 4.39. The molecule has 0 aliphatic rings. The standard InChI is InChI=1S/C11H21NO6/c1-11(2,3)18-10(16)12-7(9(15)17-4)5-6-8(13)14/h7,10,12,16H,5-6H2,1-4H3,(H,13,14)/t7-,10?/m0/s1. The van der Waals surface area contributed by atoms with E-state index >= 15 is 0 Å². The summed E-state index contributed by atoms with van der Waals surface area (Å²) in [6.07, 6.45) is -1.58. The Kier molecular flexibility index (Phi) is 6.82. The largest absolute Gasteiger partial charge is 0.481 e. The Labute approximate surface area is 106 Å². The van der Waals surface area contributed by atoms with Gasteiger partial charge in [-0.25, -0.2) is 0 Å². The fourth-order valence-electron chi connectivity index (χ4n) is 1.22. The molecule has 0 saturated heterocycles. The molecule has 0 bridgehead atoms. The van der Waals surface area contributed by atoms with Crippen molar-refractivity contribution in [2.75, 3.05) is 7.11 Å². The molecule has 1 unspecified atom stereocenters. The summed E-state index contributed by atoms with van der Waals surface area (Å²) < 4.78 is 9.67. The molecule has 0 aromatic heterocycles. The molecule has 18 heavy (non-hydrogen) atoms. The van der Waals surface area contributed by atoms with E-state index in [-0.39, 0.29) is 12.8 Å². The van der Waals surface area contributed by atoms with Gasteiger partial charge in [0.05, 0.1) is 12.7 Å². The van der Waals surface area contributed by atoms with Crippen LogP contribution in [-0.2, 0) is 19.1 Å². The van der Waals surface area contributed by atoms with Gasteiger partial charge in [0.2, 0.25) is 6.41 Å². The Morgan fingerprint density at radius 1 is 1.33 bits per heavy atom. The van der Waals surface area contributed by atoms with E-state index in [9.17, 15) is 14.7 Å². The van der Waals surface area contributed by atoms with Crippen LogP contribution in [0.25, 0.3) is 0 Å². The second-order valence-corrected chi connectivity index (χ2v) is 4.76. The zero-order valence-corrected chi connectivity index (χ0v) is 11.1. The summed E-state index contributed by atoms with van der Waals surface area (Å²) >= 11 is 0. The molecule has 0 spiro atoms. The lowest BCUT2D eigenvalue weighted by Crippen LogP contribution is -2.47. The van der Waals surface area contributed by atoms with Crippen LogP contribution in [0.1, 0.15) is 33.6 Å². The number of aliphatic carboxylic acids is 1.